The molecule has 0 aromatic heterocycles. The fourth-order valence-corrected chi connectivity index (χ4v) is 9.74. The van der Waals surface area contributed by atoms with Gasteiger partial charge < -0.3 is 14.2 Å². The summed E-state index contributed by atoms with van der Waals surface area (Å²) in [6.07, 6.45) is 69.2. The van der Waals surface area contributed by atoms with E-state index in [4.69, 9.17) is 14.2 Å². The van der Waals surface area contributed by atoms with Crippen molar-refractivity contribution >= 4 is 17.9 Å². The minimum atomic E-state index is -0.767. The number of hydrogen-bond donors (Lipinski definition) is 0. The van der Waals surface area contributed by atoms with E-state index in [9.17, 15) is 14.4 Å². The van der Waals surface area contributed by atoms with Crippen molar-refractivity contribution in [2.24, 2.45) is 0 Å². The number of hydrogen-bond acceptors (Lipinski definition) is 6. The van der Waals surface area contributed by atoms with Crippen molar-refractivity contribution in [2.75, 3.05) is 13.2 Å². The van der Waals surface area contributed by atoms with Crippen LogP contribution in [0.5, 0.6) is 0 Å². The van der Waals surface area contributed by atoms with Gasteiger partial charge in [-0.05, 0) is 44.9 Å². The van der Waals surface area contributed by atoms with Crippen LogP contribution in [0, 0.1) is 0 Å². The lowest BCUT2D eigenvalue weighted by molar-refractivity contribution is -0.167. The topological polar surface area (TPSA) is 78.9 Å². The number of carbonyl (C=O) groups is 3. The minimum absolute atomic E-state index is 0.0652. The van der Waals surface area contributed by atoms with Crippen LogP contribution >= 0.6 is 0 Å². The van der Waals surface area contributed by atoms with Gasteiger partial charge in [0.05, 0.1) is 0 Å². The third kappa shape index (κ3) is 57.1. The van der Waals surface area contributed by atoms with Gasteiger partial charge in [-0.2, -0.15) is 0 Å². The highest BCUT2D eigenvalue weighted by Gasteiger charge is 2.19. The molecule has 6 nitrogen and oxygen atoms in total. The molecule has 414 valence electrons. The molecule has 0 saturated carbocycles. The maximum atomic E-state index is 12.9. The van der Waals surface area contributed by atoms with Crippen molar-refractivity contribution < 1.29 is 28.6 Å². The molecule has 0 N–H and O–H groups in total. The second-order valence-corrected chi connectivity index (χ2v) is 21.7. The third-order valence-corrected chi connectivity index (χ3v) is 14.5. The average molecular weight is 988 g/mol. The van der Waals surface area contributed by atoms with Crippen LogP contribution in [0.3, 0.4) is 0 Å². The molecule has 1 atom stereocenters. The van der Waals surface area contributed by atoms with Gasteiger partial charge in [0.25, 0.3) is 0 Å². The summed E-state index contributed by atoms with van der Waals surface area (Å²) in [5.41, 5.74) is 0. The number of unbranched alkanes of at least 4 members (excludes halogenated alkanes) is 46. The Bertz CT molecular complexity index is 1090. The van der Waals surface area contributed by atoms with E-state index in [1.165, 1.54) is 263 Å². The Balaban J connectivity index is 4.31. The first-order chi connectivity index (χ1) is 34.5. The third-order valence-electron chi connectivity index (χ3n) is 14.5. The molecule has 0 aliphatic carbocycles. The minimum Gasteiger partial charge on any atom is -0.462 e. The van der Waals surface area contributed by atoms with Gasteiger partial charge in [-0.3, -0.25) is 14.4 Å². The Labute approximate surface area is 437 Å². The van der Waals surface area contributed by atoms with E-state index in [0.29, 0.717) is 19.3 Å². The summed E-state index contributed by atoms with van der Waals surface area (Å²) in [6.45, 7) is 6.71. The van der Waals surface area contributed by atoms with Gasteiger partial charge in [-0.1, -0.05) is 309 Å². The summed E-state index contributed by atoms with van der Waals surface area (Å²) in [5.74, 6) is -0.839. The summed E-state index contributed by atoms with van der Waals surface area (Å²) >= 11 is 0. The van der Waals surface area contributed by atoms with E-state index < -0.39 is 6.10 Å². The summed E-state index contributed by atoms with van der Waals surface area (Å²) in [7, 11) is 0. The van der Waals surface area contributed by atoms with Gasteiger partial charge in [-0.15, -0.1) is 0 Å². The standard InChI is InChI=1S/C64H122O6/c1-4-7-10-13-16-19-22-25-28-31-34-36-39-42-45-48-51-54-57-63(66)69-60-61(70-64(67)58-55-52-49-46-43-40-37-33-30-27-24-21-18-15-12-9-6-3)59-68-62(65)56-53-50-47-44-41-38-35-32-29-26-23-20-17-14-11-8-5-2/h27,30,61H,4-26,28-29,31-60H2,1-3H3/b30-27-/t61-/m1/s1. The molecule has 0 heterocycles. The van der Waals surface area contributed by atoms with Crippen LogP contribution in [0.25, 0.3) is 0 Å². The van der Waals surface area contributed by atoms with Gasteiger partial charge in [0.15, 0.2) is 6.10 Å². The number of esters is 3. The summed E-state index contributed by atoms with van der Waals surface area (Å²) in [4.78, 5) is 38.3. The second kappa shape index (κ2) is 59.7. The first-order valence-corrected chi connectivity index (χ1v) is 31.7. The van der Waals surface area contributed by atoms with Gasteiger partial charge in [0.2, 0.25) is 0 Å². The summed E-state index contributed by atoms with van der Waals surface area (Å²) in [6, 6.07) is 0. The maximum Gasteiger partial charge on any atom is 0.306 e. The molecular formula is C64H122O6. The largest absolute Gasteiger partial charge is 0.462 e. The first-order valence-electron chi connectivity index (χ1n) is 31.7. The molecule has 0 amide bonds. The monoisotopic (exact) mass is 987 g/mol. The number of rotatable bonds is 59. The van der Waals surface area contributed by atoms with E-state index in [1.807, 2.05) is 0 Å². The van der Waals surface area contributed by atoms with E-state index in [2.05, 4.69) is 32.9 Å². The number of ether oxygens (including phenoxy) is 3. The Hall–Kier alpha value is -1.85. The van der Waals surface area contributed by atoms with E-state index in [1.54, 1.807) is 0 Å². The smallest absolute Gasteiger partial charge is 0.306 e. The Kier molecular flexibility index (Phi) is 58.1. The fourth-order valence-electron chi connectivity index (χ4n) is 9.74. The quantitative estimate of drug-likeness (QED) is 0.0261. The van der Waals surface area contributed by atoms with Crippen LogP contribution in [0.4, 0.5) is 0 Å². The molecule has 70 heavy (non-hydrogen) atoms. The predicted molar refractivity (Wildman–Crippen MR) is 303 cm³/mol. The highest BCUT2D eigenvalue weighted by Crippen LogP contribution is 2.18. The molecule has 0 aliphatic heterocycles. The van der Waals surface area contributed by atoms with Crippen LogP contribution in [0.1, 0.15) is 361 Å². The Morgan fingerprint density at radius 1 is 0.271 bits per heavy atom. The second-order valence-electron chi connectivity index (χ2n) is 21.7. The van der Waals surface area contributed by atoms with E-state index in [0.717, 1.165) is 57.8 Å². The van der Waals surface area contributed by atoms with Gasteiger partial charge in [0, 0.05) is 19.3 Å². The zero-order valence-electron chi connectivity index (χ0n) is 47.6. The molecule has 0 radical (unpaired) electrons. The Morgan fingerprint density at radius 2 is 0.471 bits per heavy atom. The van der Waals surface area contributed by atoms with Gasteiger partial charge in [-0.25, -0.2) is 0 Å². The normalized spacial score (nSPS) is 12.0. The lowest BCUT2D eigenvalue weighted by atomic mass is 10.0. The molecule has 0 fully saturated rings. The molecule has 0 spiro atoms. The van der Waals surface area contributed by atoms with Crippen molar-refractivity contribution in [3.63, 3.8) is 0 Å². The van der Waals surface area contributed by atoms with Crippen LogP contribution in [-0.4, -0.2) is 37.2 Å². The van der Waals surface area contributed by atoms with Crippen LogP contribution < -0.4 is 0 Å². The van der Waals surface area contributed by atoms with Crippen LogP contribution in [0.15, 0.2) is 12.2 Å². The number of carbonyl (C=O) groups excluding carboxylic acids is 3. The fraction of sp³-hybridized carbons (Fsp3) is 0.922. The molecule has 0 unspecified atom stereocenters. The van der Waals surface area contributed by atoms with Crippen molar-refractivity contribution in [1.82, 2.24) is 0 Å². The Morgan fingerprint density at radius 3 is 0.714 bits per heavy atom. The van der Waals surface area contributed by atoms with Crippen molar-refractivity contribution in [1.29, 1.82) is 0 Å². The molecule has 0 rings (SSSR count). The lowest BCUT2D eigenvalue weighted by Crippen LogP contribution is -2.30. The molecule has 0 aromatic rings. The van der Waals surface area contributed by atoms with Crippen molar-refractivity contribution in [2.45, 2.75) is 367 Å². The number of allylic oxidation sites excluding steroid dienone is 2. The summed E-state index contributed by atoms with van der Waals surface area (Å²) < 4.78 is 16.9. The molecule has 0 bridgehead atoms. The summed E-state index contributed by atoms with van der Waals surface area (Å²) in [5, 5.41) is 0. The van der Waals surface area contributed by atoms with E-state index >= 15 is 0 Å². The SMILES string of the molecule is CCCCCCCC/C=C\CCCCCCCCCC(=O)O[C@H](COC(=O)CCCCCCCCCCCCCCCCCCC)COC(=O)CCCCCCCCCCCCCCCCCCCC. The van der Waals surface area contributed by atoms with Gasteiger partial charge >= 0.3 is 17.9 Å². The van der Waals surface area contributed by atoms with Crippen molar-refractivity contribution in [3.8, 4) is 0 Å². The highest BCUT2D eigenvalue weighted by molar-refractivity contribution is 5.71. The van der Waals surface area contributed by atoms with Crippen molar-refractivity contribution in [3.05, 3.63) is 12.2 Å². The molecule has 0 aliphatic rings. The first kappa shape index (κ1) is 68.2. The molecule has 6 heteroatoms. The average Bonchev–Trinajstić information content (AvgIpc) is 3.36. The van der Waals surface area contributed by atoms with Crippen LogP contribution in [-0.2, 0) is 28.6 Å². The molecule has 0 aromatic carbocycles. The lowest BCUT2D eigenvalue weighted by Gasteiger charge is -2.18. The molecule has 0 saturated heterocycles. The zero-order valence-corrected chi connectivity index (χ0v) is 47.6. The predicted octanol–water partition coefficient (Wildman–Crippen LogP) is 21.3. The van der Waals surface area contributed by atoms with E-state index in [-0.39, 0.29) is 31.1 Å². The van der Waals surface area contributed by atoms with Gasteiger partial charge in [0.1, 0.15) is 13.2 Å². The highest BCUT2D eigenvalue weighted by atomic mass is 16.6. The van der Waals surface area contributed by atoms with Crippen LogP contribution in [0.2, 0.25) is 0 Å². The maximum absolute atomic E-state index is 12.9. The zero-order chi connectivity index (χ0) is 50.7. The molecular weight excluding hydrogens is 865 g/mol.